The predicted octanol–water partition coefficient (Wildman–Crippen LogP) is 3.27. The Balaban J connectivity index is 1.89. The third-order valence-corrected chi connectivity index (χ3v) is 3.58. The van der Waals surface area contributed by atoms with Gasteiger partial charge in [0.15, 0.2) is 0 Å². The summed E-state index contributed by atoms with van der Waals surface area (Å²) >= 11 is 0. The Hall–Kier alpha value is -3.16. The summed E-state index contributed by atoms with van der Waals surface area (Å²) in [6.07, 6.45) is -1.80. The molecule has 1 N–H and O–H groups in total. The number of hydrogen-bond donors (Lipinski definition) is 1. The van der Waals surface area contributed by atoms with Crippen molar-refractivity contribution in [3.63, 3.8) is 0 Å². The monoisotopic (exact) mass is 347 g/mol. The number of nitrogens with one attached hydrogen (secondary N) is 1. The fraction of sp³-hybridized carbons (Fsp3) is 0.118. The summed E-state index contributed by atoms with van der Waals surface area (Å²) in [5.41, 5.74) is -0.139. The van der Waals surface area contributed by atoms with E-state index < -0.39 is 23.2 Å². The van der Waals surface area contributed by atoms with Crippen molar-refractivity contribution in [3.05, 3.63) is 75.8 Å². The van der Waals surface area contributed by atoms with Gasteiger partial charge in [-0.05, 0) is 48.9 Å². The number of carbonyl (C=O) groups is 1. The number of nitrogens with zero attached hydrogens (tertiary/aromatic N) is 2. The molecule has 0 saturated carbocycles. The molecule has 3 aromatic rings. The minimum atomic E-state index is -4.46. The molecule has 0 aliphatic carbocycles. The van der Waals surface area contributed by atoms with Crippen molar-refractivity contribution in [2.75, 3.05) is 5.32 Å². The second kappa shape index (κ2) is 6.04. The lowest BCUT2D eigenvalue weighted by atomic mass is 10.2. The fourth-order valence-electron chi connectivity index (χ4n) is 2.27. The van der Waals surface area contributed by atoms with E-state index in [-0.39, 0.29) is 11.3 Å². The van der Waals surface area contributed by atoms with E-state index >= 15 is 0 Å². The summed E-state index contributed by atoms with van der Waals surface area (Å²) in [4.78, 5) is 28.7. The van der Waals surface area contributed by atoms with E-state index in [1.807, 2.05) is 6.92 Å². The largest absolute Gasteiger partial charge is 0.416 e. The number of halogens is 3. The average molecular weight is 347 g/mol. The van der Waals surface area contributed by atoms with Crippen LogP contribution in [0.15, 0.2) is 53.6 Å². The van der Waals surface area contributed by atoms with Crippen LogP contribution < -0.4 is 10.9 Å². The third kappa shape index (κ3) is 3.37. The molecule has 25 heavy (non-hydrogen) atoms. The highest BCUT2D eigenvalue weighted by Crippen LogP contribution is 2.29. The number of anilines is 1. The van der Waals surface area contributed by atoms with Crippen molar-refractivity contribution in [2.24, 2.45) is 0 Å². The van der Waals surface area contributed by atoms with E-state index in [9.17, 15) is 22.8 Å². The molecule has 2 aromatic heterocycles. The first-order valence-electron chi connectivity index (χ1n) is 7.22. The Morgan fingerprint density at radius 2 is 1.84 bits per heavy atom. The zero-order valence-electron chi connectivity index (χ0n) is 13.0. The molecule has 1 amide bonds. The highest BCUT2D eigenvalue weighted by Gasteiger charge is 2.30. The Bertz CT molecular complexity index is 1010. The maximum Gasteiger partial charge on any atom is 0.416 e. The van der Waals surface area contributed by atoms with E-state index in [0.29, 0.717) is 5.65 Å². The molecule has 1 aromatic carbocycles. The third-order valence-electron chi connectivity index (χ3n) is 3.58. The van der Waals surface area contributed by atoms with E-state index in [0.717, 1.165) is 36.0 Å². The molecule has 0 unspecified atom stereocenters. The number of rotatable bonds is 2. The van der Waals surface area contributed by atoms with Gasteiger partial charge in [0.2, 0.25) is 0 Å². The molecular weight excluding hydrogens is 335 g/mol. The van der Waals surface area contributed by atoms with Crippen molar-refractivity contribution in [3.8, 4) is 0 Å². The molecule has 128 valence electrons. The fourth-order valence-corrected chi connectivity index (χ4v) is 2.27. The second-order valence-electron chi connectivity index (χ2n) is 5.44. The van der Waals surface area contributed by atoms with Gasteiger partial charge in [-0.2, -0.15) is 13.2 Å². The van der Waals surface area contributed by atoms with Gasteiger partial charge in [0.25, 0.3) is 11.5 Å². The number of amides is 1. The second-order valence-corrected chi connectivity index (χ2v) is 5.44. The van der Waals surface area contributed by atoms with Gasteiger partial charge in [-0.1, -0.05) is 0 Å². The molecule has 2 heterocycles. The first kappa shape index (κ1) is 16.7. The van der Waals surface area contributed by atoms with E-state index in [1.165, 1.54) is 10.6 Å². The van der Waals surface area contributed by atoms with Crippen molar-refractivity contribution in [1.29, 1.82) is 0 Å². The van der Waals surface area contributed by atoms with E-state index in [1.54, 1.807) is 12.1 Å². The molecule has 0 spiro atoms. The highest BCUT2D eigenvalue weighted by molar-refractivity contribution is 6.03. The standard InChI is InChI=1S/C17H12F3N3O2/c1-10-6-7-23-14(8-10)21-9-13(16(23)25)15(24)22-12-4-2-11(3-5-12)17(18,19)20/h2-9H,1H3,(H,22,24). The van der Waals surface area contributed by atoms with Crippen LogP contribution in [0.3, 0.4) is 0 Å². The van der Waals surface area contributed by atoms with Gasteiger partial charge < -0.3 is 5.32 Å². The van der Waals surface area contributed by atoms with Crippen LogP contribution in [0, 0.1) is 6.92 Å². The Labute approximate surface area is 139 Å². The number of alkyl halides is 3. The van der Waals surface area contributed by atoms with Crippen molar-refractivity contribution >= 4 is 17.2 Å². The predicted molar refractivity (Wildman–Crippen MR) is 85.6 cm³/mol. The molecule has 8 heteroatoms. The van der Waals surface area contributed by atoms with Crippen LogP contribution in [0.4, 0.5) is 18.9 Å². The lowest BCUT2D eigenvalue weighted by Crippen LogP contribution is -2.26. The quantitative estimate of drug-likeness (QED) is 0.774. The summed E-state index contributed by atoms with van der Waals surface area (Å²) in [5.74, 6) is -0.743. The van der Waals surface area contributed by atoms with Gasteiger partial charge in [-0.15, -0.1) is 0 Å². The number of aromatic nitrogens is 2. The van der Waals surface area contributed by atoms with Gasteiger partial charge in [0, 0.05) is 18.1 Å². The highest BCUT2D eigenvalue weighted by atomic mass is 19.4. The zero-order valence-corrected chi connectivity index (χ0v) is 13.0. The van der Waals surface area contributed by atoms with Crippen molar-refractivity contribution < 1.29 is 18.0 Å². The number of benzene rings is 1. The number of aryl methyl sites for hydroxylation is 1. The summed E-state index contributed by atoms with van der Waals surface area (Å²) in [5, 5.41) is 2.39. The number of pyridine rings is 1. The molecule has 0 atom stereocenters. The number of hydrogen-bond acceptors (Lipinski definition) is 3. The Morgan fingerprint density at radius 3 is 2.48 bits per heavy atom. The van der Waals surface area contributed by atoms with Crippen LogP contribution in [0.2, 0.25) is 0 Å². The molecular formula is C17H12F3N3O2. The lowest BCUT2D eigenvalue weighted by molar-refractivity contribution is -0.137. The molecule has 0 aliphatic rings. The Morgan fingerprint density at radius 1 is 1.16 bits per heavy atom. The van der Waals surface area contributed by atoms with Gasteiger partial charge >= 0.3 is 6.18 Å². The smallest absolute Gasteiger partial charge is 0.322 e. The van der Waals surface area contributed by atoms with Crippen molar-refractivity contribution in [1.82, 2.24) is 9.38 Å². The van der Waals surface area contributed by atoms with Crippen LogP contribution in [-0.2, 0) is 6.18 Å². The number of carbonyl (C=O) groups excluding carboxylic acids is 1. The van der Waals surface area contributed by atoms with Crippen LogP contribution in [0.5, 0.6) is 0 Å². The van der Waals surface area contributed by atoms with Crippen molar-refractivity contribution in [2.45, 2.75) is 13.1 Å². The first-order chi connectivity index (χ1) is 11.8. The van der Waals surface area contributed by atoms with Gasteiger partial charge in [0.1, 0.15) is 11.2 Å². The van der Waals surface area contributed by atoms with E-state index in [4.69, 9.17) is 0 Å². The minimum Gasteiger partial charge on any atom is -0.322 e. The normalized spacial score (nSPS) is 11.5. The molecule has 0 saturated heterocycles. The van der Waals surface area contributed by atoms with Crippen LogP contribution in [0.25, 0.3) is 5.65 Å². The van der Waals surface area contributed by atoms with Gasteiger partial charge in [-0.3, -0.25) is 14.0 Å². The molecule has 0 radical (unpaired) electrons. The summed E-state index contributed by atoms with van der Waals surface area (Å²) in [7, 11) is 0. The molecule has 0 bridgehead atoms. The summed E-state index contributed by atoms with van der Waals surface area (Å²) in [6, 6.07) is 7.34. The summed E-state index contributed by atoms with van der Waals surface area (Å²) in [6.45, 7) is 1.84. The maximum atomic E-state index is 12.5. The number of fused-ring (bicyclic) bond motifs is 1. The van der Waals surface area contributed by atoms with Crippen LogP contribution >= 0.6 is 0 Å². The minimum absolute atomic E-state index is 0.145. The SMILES string of the molecule is Cc1ccn2c(=O)c(C(=O)Nc3ccc(C(F)(F)F)cc3)cnc2c1. The average Bonchev–Trinajstić information content (AvgIpc) is 2.54. The van der Waals surface area contributed by atoms with Gasteiger partial charge in [-0.25, -0.2) is 4.98 Å². The van der Waals surface area contributed by atoms with Gasteiger partial charge in [0.05, 0.1) is 5.56 Å². The molecule has 0 aliphatic heterocycles. The topological polar surface area (TPSA) is 63.5 Å². The summed E-state index contributed by atoms with van der Waals surface area (Å²) < 4.78 is 38.8. The molecule has 5 nitrogen and oxygen atoms in total. The zero-order chi connectivity index (χ0) is 18.2. The van der Waals surface area contributed by atoms with Crippen LogP contribution in [0.1, 0.15) is 21.5 Å². The molecule has 3 rings (SSSR count). The maximum absolute atomic E-state index is 12.5. The van der Waals surface area contributed by atoms with Crippen LogP contribution in [-0.4, -0.2) is 15.3 Å². The van der Waals surface area contributed by atoms with E-state index in [2.05, 4.69) is 10.3 Å². The Kier molecular flexibility index (Phi) is 4.03. The lowest BCUT2D eigenvalue weighted by Gasteiger charge is -2.09. The first-order valence-corrected chi connectivity index (χ1v) is 7.22. The molecule has 0 fully saturated rings.